The van der Waals surface area contributed by atoms with Gasteiger partial charge in [-0.1, -0.05) is 54.6 Å². The topological polar surface area (TPSA) is 173 Å². The zero-order valence-electron chi connectivity index (χ0n) is 28.7. The molecule has 6 rings (SSSR count). The number of aromatic nitrogens is 1. The largest absolute Gasteiger partial charge is 0.506 e. The van der Waals surface area contributed by atoms with Crippen LogP contribution >= 0.6 is 0 Å². The van der Waals surface area contributed by atoms with Gasteiger partial charge in [0.05, 0.1) is 31.4 Å². The minimum absolute atomic E-state index is 0.0702. The molecule has 0 bridgehead atoms. The van der Waals surface area contributed by atoms with Gasteiger partial charge in [0.2, 0.25) is 5.56 Å². The summed E-state index contributed by atoms with van der Waals surface area (Å²) in [6.45, 7) is 2.24. The molecule has 12 nitrogen and oxygen atoms in total. The van der Waals surface area contributed by atoms with E-state index in [4.69, 9.17) is 9.47 Å². The number of aromatic amines is 1. The number of aliphatic hydroxyl groups excluding tert-OH is 1. The van der Waals surface area contributed by atoms with Crippen LogP contribution in [-0.2, 0) is 6.54 Å². The highest BCUT2D eigenvalue weighted by Crippen LogP contribution is 2.30. The predicted octanol–water partition coefficient (Wildman–Crippen LogP) is 5.35. The number of likely N-dealkylation sites (tertiary alicyclic amines) is 1. The highest BCUT2D eigenvalue weighted by Gasteiger charge is 2.25. The monoisotopic (exact) mass is 706 g/mol. The van der Waals surface area contributed by atoms with E-state index in [0.717, 1.165) is 29.5 Å². The van der Waals surface area contributed by atoms with E-state index in [2.05, 4.69) is 15.6 Å². The van der Waals surface area contributed by atoms with E-state index in [1.54, 1.807) is 31.4 Å². The third kappa shape index (κ3) is 8.53. The molecule has 2 amide bonds. The van der Waals surface area contributed by atoms with Crippen LogP contribution in [0.3, 0.4) is 0 Å². The minimum Gasteiger partial charge on any atom is -0.506 e. The van der Waals surface area contributed by atoms with Crippen LogP contribution in [0.4, 0.5) is 4.79 Å². The number of piperidine rings is 1. The lowest BCUT2D eigenvalue weighted by atomic mass is 9.96. The van der Waals surface area contributed by atoms with Gasteiger partial charge in [0.15, 0.2) is 0 Å². The Morgan fingerprint density at radius 2 is 1.71 bits per heavy atom. The van der Waals surface area contributed by atoms with Crippen LogP contribution in [0.5, 0.6) is 17.2 Å². The van der Waals surface area contributed by atoms with Crippen LogP contribution in [0.1, 0.15) is 57.6 Å². The molecule has 12 heteroatoms. The fourth-order valence-corrected chi connectivity index (χ4v) is 6.64. The fourth-order valence-electron chi connectivity index (χ4n) is 6.64. The second-order valence-electron chi connectivity index (χ2n) is 12.9. The fraction of sp³-hybridized carbons (Fsp3) is 0.275. The van der Waals surface area contributed by atoms with E-state index in [-0.39, 0.29) is 35.2 Å². The van der Waals surface area contributed by atoms with E-state index in [0.29, 0.717) is 54.3 Å². The number of phenolic OH excluding ortho intramolecular Hbond substituents is 1. The lowest BCUT2D eigenvalue weighted by molar-refractivity contribution is 0.0660. The summed E-state index contributed by atoms with van der Waals surface area (Å²) in [6.07, 6.45) is -0.450. The molecule has 0 saturated carbocycles. The Bertz CT molecular complexity index is 2080. The summed E-state index contributed by atoms with van der Waals surface area (Å²) in [5.41, 5.74) is 3.46. The maximum Gasteiger partial charge on any atom is 0.405 e. The number of fused-ring (bicyclic) bond motifs is 1. The van der Waals surface area contributed by atoms with Crippen LogP contribution in [0, 0.1) is 5.92 Å². The first-order valence-corrected chi connectivity index (χ1v) is 17.2. The number of pyridine rings is 1. The normalized spacial score (nSPS) is 14.5. The number of hydrogen-bond acceptors (Lipinski definition) is 8. The Kier molecular flexibility index (Phi) is 11.4. The van der Waals surface area contributed by atoms with Crippen LogP contribution in [-0.4, -0.2) is 70.6 Å². The van der Waals surface area contributed by atoms with Gasteiger partial charge in [-0.3, -0.25) is 9.59 Å². The third-order valence-electron chi connectivity index (χ3n) is 9.43. The molecular formula is C40H42N4O8. The number of carbonyl (C=O) groups is 2. The lowest BCUT2D eigenvalue weighted by Crippen LogP contribution is -2.39. The summed E-state index contributed by atoms with van der Waals surface area (Å²) in [5.74, 6) is 1.33. The standard InChI is InChI=1S/C40H42N4O8/c1-51-35-21-28(10-11-29(35)22-41-23-34(46)31-12-14-33(45)38-32(31)13-15-36(47)42-38)39(48)44-18-16-25(17-19-44)24-52-30-9-5-8-27(20-30)37(43-40(49)50)26-6-3-2-4-7-26/h2-15,20-21,25,34,37,41,43,45-46H,16-19,22-24H2,1H3,(H,42,47)(H,49,50)/t34-,37-/m0/s1. The molecule has 1 aliphatic heterocycles. The smallest absolute Gasteiger partial charge is 0.405 e. The van der Waals surface area contributed by atoms with E-state index >= 15 is 0 Å². The van der Waals surface area contributed by atoms with Crippen molar-refractivity contribution in [3.05, 3.63) is 135 Å². The van der Waals surface area contributed by atoms with Crippen molar-refractivity contribution in [1.82, 2.24) is 20.5 Å². The number of aromatic hydroxyl groups is 1. The molecule has 5 aromatic rings. The molecule has 1 aromatic heterocycles. The predicted molar refractivity (Wildman–Crippen MR) is 196 cm³/mol. The Morgan fingerprint density at radius 1 is 0.942 bits per heavy atom. The van der Waals surface area contributed by atoms with E-state index in [9.17, 15) is 29.7 Å². The highest BCUT2D eigenvalue weighted by atomic mass is 16.5. The maximum absolute atomic E-state index is 13.5. The van der Waals surface area contributed by atoms with Gasteiger partial charge >= 0.3 is 6.09 Å². The summed E-state index contributed by atoms with van der Waals surface area (Å²) < 4.78 is 11.8. The number of ether oxygens (including phenoxy) is 2. The van der Waals surface area contributed by atoms with Gasteiger partial charge in [-0.05, 0) is 71.8 Å². The average molecular weight is 707 g/mol. The van der Waals surface area contributed by atoms with Gasteiger partial charge in [0.25, 0.3) is 5.91 Å². The summed E-state index contributed by atoms with van der Waals surface area (Å²) in [5, 5.41) is 36.9. The number of hydrogen-bond donors (Lipinski definition) is 6. The first kappa shape index (κ1) is 36.0. The van der Waals surface area contributed by atoms with Crippen molar-refractivity contribution in [2.45, 2.75) is 31.5 Å². The zero-order valence-corrected chi connectivity index (χ0v) is 28.7. The zero-order chi connectivity index (χ0) is 36.6. The van der Waals surface area contributed by atoms with Gasteiger partial charge in [0, 0.05) is 48.8 Å². The number of nitrogens with zero attached hydrogens (tertiary/aromatic N) is 1. The Labute approximate surface area is 300 Å². The van der Waals surface area contributed by atoms with Gasteiger partial charge in [-0.25, -0.2) is 4.79 Å². The van der Waals surface area contributed by atoms with Crippen molar-refractivity contribution in [3.63, 3.8) is 0 Å². The maximum atomic E-state index is 13.5. The first-order valence-electron chi connectivity index (χ1n) is 17.2. The van der Waals surface area contributed by atoms with Crippen molar-refractivity contribution >= 4 is 22.9 Å². The van der Waals surface area contributed by atoms with Crippen molar-refractivity contribution in [2.75, 3.05) is 33.4 Å². The summed E-state index contributed by atoms with van der Waals surface area (Å²) >= 11 is 0. The molecule has 52 heavy (non-hydrogen) atoms. The van der Waals surface area contributed by atoms with Gasteiger partial charge in [0.1, 0.15) is 17.2 Å². The van der Waals surface area contributed by atoms with E-state index < -0.39 is 18.2 Å². The second kappa shape index (κ2) is 16.4. The number of carbonyl (C=O) groups excluding carboxylic acids is 1. The first-order chi connectivity index (χ1) is 25.2. The van der Waals surface area contributed by atoms with Crippen molar-refractivity contribution in [3.8, 4) is 17.2 Å². The van der Waals surface area contributed by atoms with E-state index in [1.807, 2.05) is 65.6 Å². The van der Waals surface area contributed by atoms with Crippen molar-refractivity contribution < 1.29 is 34.4 Å². The SMILES string of the molecule is COc1cc(C(=O)N2CCC(COc3cccc([C@@H](NC(=O)O)c4ccccc4)c3)CC2)ccc1CNC[C@H](O)c1ccc(O)c2[nH]c(=O)ccc12. The molecule has 1 fully saturated rings. The molecule has 1 aliphatic rings. The number of benzene rings is 4. The number of rotatable bonds is 13. The molecule has 2 atom stereocenters. The number of phenols is 1. The van der Waals surface area contributed by atoms with Crippen LogP contribution in [0.15, 0.2) is 102 Å². The summed E-state index contributed by atoms with van der Waals surface area (Å²) in [4.78, 5) is 41.2. The quantitative estimate of drug-likeness (QED) is 0.0943. The molecule has 0 radical (unpaired) electrons. The number of amides is 2. The molecule has 6 N–H and O–H groups in total. The molecule has 2 heterocycles. The number of methoxy groups -OCH3 is 1. The van der Waals surface area contributed by atoms with Gasteiger partial charge in [-0.2, -0.15) is 0 Å². The van der Waals surface area contributed by atoms with Crippen LogP contribution in [0.25, 0.3) is 10.9 Å². The minimum atomic E-state index is -1.11. The molecule has 1 saturated heterocycles. The van der Waals surface area contributed by atoms with Gasteiger partial charge < -0.3 is 45.3 Å². The molecule has 270 valence electrons. The third-order valence-corrected chi connectivity index (χ3v) is 9.43. The van der Waals surface area contributed by atoms with E-state index in [1.165, 1.54) is 12.1 Å². The second-order valence-corrected chi connectivity index (χ2v) is 12.9. The number of H-pyrrole nitrogens is 1. The molecule has 0 aliphatic carbocycles. The molecule has 0 spiro atoms. The van der Waals surface area contributed by atoms with Crippen molar-refractivity contribution in [2.24, 2.45) is 5.92 Å². The molecular weight excluding hydrogens is 664 g/mol. The summed E-state index contributed by atoms with van der Waals surface area (Å²) in [6, 6.07) is 27.7. The van der Waals surface area contributed by atoms with Crippen LogP contribution in [0.2, 0.25) is 0 Å². The Hall–Kier alpha value is -5.85. The molecule has 4 aromatic carbocycles. The lowest BCUT2D eigenvalue weighted by Gasteiger charge is -2.32. The van der Waals surface area contributed by atoms with Crippen molar-refractivity contribution in [1.29, 1.82) is 0 Å². The Balaban J connectivity index is 1.00. The molecule has 0 unspecified atom stereocenters. The van der Waals surface area contributed by atoms with Crippen LogP contribution < -0.4 is 25.7 Å². The van der Waals surface area contributed by atoms with Gasteiger partial charge in [-0.15, -0.1) is 0 Å². The highest BCUT2D eigenvalue weighted by molar-refractivity contribution is 5.95. The number of nitrogens with one attached hydrogen (secondary N) is 3. The Morgan fingerprint density at radius 3 is 2.46 bits per heavy atom. The number of carboxylic acid groups (broad SMARTS) is 1. The average Bonchev–Trinajstić information content (AvgIpc) is 3.16. The number of aliphatic hydroxyl groups is 1. The summed E-state index contributed by atoms with van der Waals surface area (Å²) in [7, 11) is 1.55.